The van der Waals surface area contributed by atoms with E-state index in [4.69, 9.17) is 24.7 Å². The van der Waals surface area contributed by atoms with Crippen molar-refractivity contribution >= 4 is 10.8 Å². The predicted molar refractivity (Wildman–Crippen MR) is 240 cm³/mol. The molecule has 2 aromatic heterocycles. The average Bonchev–Trinajstić information content (AvgIpc) is 3.43. The molecular weight excluding hydrogens is 733 g/mol. The van der Waals surface area contributed by atoms with E-state index in [-0.39, 0.29) is 0 Å². The molecule has 0 saturated heterocycles. The van der Waals surface area contributed by atoms with Crippen LogP contribution in [0.15, 0.2) is 207 Å². The third kappa shape index (κ3) is 5.19. The summed E-state index contributed by atoms with van der Waals surface area (Å²) in [5.74, 6) is 3.01. The highest BCUT2D eigenvalue weighted by atomic mass is 16.5. The molecule has 12 rings (SSSR count). The Morgan fingerprint density at radius 2 is 0.950 bits per heavy atom. The molecule has 1 spiro atoms. The van der Waals surface area contributed by atoms with Gasteiger partial charge in [0.15, 0.2) is 11.6 Å². The van der Waals surface area contributed by atoms with Crippen molar-refractivity contribution in [2.45, 2.75) is 5.41 Å². The summed E-state index contributed by atoms with van der Waals surface area (Å²) < 4.78 is 7.01. The molecule has 0 fully saturated rings. The standard InChI is InChI=1S/C55H34N4O/c1-3-16-36(17-4-1)53-56-33-39(34-57-53)50-32-49(58-54(59-50)37-18-5-2-6-19-37)38-27-29-44-42-22-10-9-21-41(42)43-23-11-12-24-45(43)55(48(44)31-38)46-25-13-14-26-51(46)60-52-40-20-8-7-15-35(40)28-30-47(52)55/h1-34H. The molecule has 0 radical (unpaired) electrons. The lowest BCUT2D eigenvalue weighted by atomic mass is 9.61. The van der Waals surface area contributed by atoms with Gasteiger partial charge in [-0.05, 0) is 57.0 Å². The molecule has 2 aliphatic rings. The Labute approximate surface area is 347 Å². The van der Waals surface area contributed by atoms with Gasteiger partial charge in [-0.1, -0.05) is 176 Å². The Morgan fingerprint density at radius 1 is 0.367 bits per heavy atom. The lowest BCUT2D eigenvalue weighted by Crippen LogP contribution is -2.35. The molecule has 5 nitrogen and oxygen atoms in total. The Bertz CT molecular complexity index is 3290. The second-order valence-corrected chi connectivity index (χ2v) is 15.4. The van der Waals surface area contributed by atoms with Crippen LogP contribution in [-0.2, 0) is 5.41 Å². The van der Waals surface area contributed by atoms with Crippen LogP contribution in [0.5, 0.6) is 11.5 Å². The van der Waals surface area contributed by atoms with Crippen molar-refractivity contribution in [3.8, 4) is 79.0 Å². The maximum Gasteiger partial charge on any atom is 0.160 e. The molecule has 8 aromatic carbocycles. The molecule has 1 aliphatic heterocycles. The summed E-state index contributed by atoms with van der Waals surface area (Å²) in [5, 5.41) is 2.21. The Morgan fingerprint density at radius 3 is 1.70 bits per heavy atom. The number of hydrogen-bond donors (Lipinski definition) is 0. The van der Waals surface area contributed by atoms with Crippen molar-refractivity contribution in [1.82, 2.24) is 19.9 Å². The van der Waals surface area contributed by atoms with Crippen LogP contribution in [0.25, 0.3) is 78.3 Å². The number of hydrogen-bond acceptors (Lipinski definition) is 5. The van der Waals surface area contributed by atoms with Crippen LogP contribution < -0.4 is 4.74 Å². The van der Waals surface area contributed by atoms with Crippen LogP contribution in [0.4, 0.5) is 0 Å². The van der Waals surface area contributed by atoms with Gasteiger partial charge < -0.3 is 4.74 Å². The minimum absolute atomic E-state index is 0.629. The van der Waals surface area contributed by atoms with Crippen molar-refractivity contribution in [3.05, 3.63) is 229 Å². The van der Waals surface area contributed by atoms with Gasteiger partial charge in [-0.25, -0.2) is 19.9 Å². The van der Waals surface area contributed by atoms with Crippen molar-refractivity contribution in [2.75, 3.05) is 0 Å². The van der Waals surface area contributed by atoms with E-state index in [2.05, 4.69) is 146 Å². The van der Waals surface area contributed by atoms with Crippen LogP contribution in [0.2, 0.25) is 0 Å². The Balaban J connectivity index is 1.15. The van der Waals surface area contributed by atoms with Gasteiger partial charge in [-0.2, -0.15) is 0 Å². The second kappa shape index (κ2) is 13.5. The van der Waals surface area contributed by atoms with Crippen LogP contribution in [0.3, 0.4) is 0 Å². The Hall–Kier alpha value is -8.02. The van der Waals surface area contributed by atoms with Gasteiger partial charge in [-0.3, -0.25) is 0 Å². The smallest absolute Gasteiger partial charge is 0.160 e. The number of aromatic nitrogens is 4. The third-order valence-electron chi connectivity index (χ3n) is 12.1. The van der Waals surface area contributed by atoms with E-state index in [1.807, 2.05) is 60.9 Å². The van der Waals surface area contributed by atoms with Gasteiger partial charge in [0.05, 0.1) is 16.8 Å². The summed E-state index contributed by atoms with van der Waals surface area (Å²) in [6, 6.07) is 68.4. The van der Waals surface area contributed by atoms with Crippen LogP contribution >= 0.6 is 0 Å². The van der Waals surface area contributed by atoms with E-state index in [0.29, 0.717) is 11.6 Å². The van der Waals surface area contributed by atoms with Crippen LogP contribution in [0.1, 0.15) is 22.3 Å². The van der Waals surface area contributed by atoms with Gasteiger partial charge in [0.1, 0.15) is 11.5 Å². The zero-order valence-electron chi connectivity index (χ0n) is 32.3. The molecule has 0 saturated carbocycles. The molecule has 60 heavy (non-hydrogen) atoms. The van der Waals surface area contributed by atoms with Gasteiger partial charge in [0.25, 0.3) is 0 Å². The normalized spacial score (nSPS) is 14.5. The SMILES string of the molecule is c1ccc(-c2ncc(-c3cc(-c4ccc5c(c4)C4(c6ccccc6Oc6c4ccc4ccccc64)c4ccccc4-c4ccccc4-5)nc(-c4ccccc4)n3)cn2)cc1. The van der Waals surface area contributed by atoms with E-state index in [0.717, 1.165) is 78.2 Å². The average molecular weight is 767 g/mol. The summed E-state index contributed by atoms with van der Waals surface area (Å²) in [5.41, 5.74) is 13.7. The fraction of sp³-hybridized carbons (Fsp3) is 0.0182. The highest BCUT2D eigenvalue weighted by Gasteiger charge is 2.49. The van der Waals surface area contributed by atoms with E-state index in [9.17, 15) is 0 Å². The van der Waals surface area contributed by atoms with Gasteiger partial charge in [0, 0.05) is 51.2 Å². The summed E-state index contributed by atoms with van der Waals surface area (Å²) in [6.07, 6.45) is 3.71. The molecular formula is C55H34N4O. The van der Waals surface area contributed by atoms with Gasteiger partial charge in [0.2, 0.25) is 0 Å². The fourth-order valence-corrected chi connectivity index (χ4v) is 9.40. The van der Waals surface area contributed by atoms with Gasteiger partial charge in [-0.15, -0.1) is 0 Å². The second-order valence-electron chi connectivity index (χ2n) is 15.4. The first-order valence-electron chi connectivity index (χ1n) is 20.2. The molecule has 0 amide bonds. The number of rotatable bonds is 4. The highest BCUT2D eigenvalue weighted by molar-refractivity contribution is 5.98. The predicted octanol–water partition coefficient (Wildman–Crippen LogP) is 13.2. The summed E-state index contributed by atoms with van der Waals surface area (Å²) >= 11 is 0. The number of benzene rings is 8. The quantitative estimate of drug-likeness (QED) is 0.178. The highest BCUT2D eigenvalue weighted by Crippen LogP contribution is 2.62. The molecule has 1 unspecified atom stereocenters. The van der Waals surface area contributed by atoms with Crippen molar-refractivity contribution < 1.29 is 4.74 Å². The fourth-order valence-electron chi connectivity index (χ4n) is 9.40. The maximum absolute atomic E-state index is 7.01. The first-order chi connectivity index (χ1) is 29.7. The molecule has 3 heterocycles. The molecule has 1 aliphatic carbocycles. The largest absolute Gasteiger partial charge is 0.456 e. The molecule has 0 N–H and O–H groups in total. The number of ether oxygens (including phenoxy) is 1. The summed E-state index contributed by atoms with van der Waals surface area (Å²) in [4.78, 5) is 20.0. The number of fused-ring (bicyclic) bond motifs is 13. The zero-order valence-corrected chi connectivity index (χ0v) is 32.3. The molecule has 0 bridgehead atoms. The Kier molecular flexibility index (Phi) is 7.69. The summed E-state index contributed by atoms with van der Waals surface area (Å²) in [7, 11) is 0. The first kappa shape index (κ1) is 34.1. The monoisotopic (exact) mass is 766 g/mol. The molecule has 5 heteroatoms. The minimum Gasteiger partial charge on any atom is -0.456 e. The number of nitrogens with zero attached hydrogens (tertiary/aromatic N) is 4. The van der Waals surface area contributed by atoms with Crippen molar-refractivity contribution in [1.29, 1.82) is 0 Å². The van der Waals surface area contributed by atoms with Crippen LogP contribution in [0, 0.1) is 0 Å². The minimum atomic E-state index is -0.769. The lowest BCUT2D eigenvalue weighted by molar-refractivity contribution is 0.440. The molecule has 1 atom stereocenters. The van der Waals surface area contributed by atoms with E-state index >= 15 is 0 Å². The van der Waals surface area contributed by atoms with E-state index < -0.39 is 5.41 Å². The summed E-state index contributed by atoms with van der Waals surface area (Å²) in [6.45, 7) is 0. The van der Waals surface area contributed by atoms with E-state index in [1.54, 1.807) is 0 Å². The topological polar surface area (TPSA) is 60.8 Å². The maximum atomic E-state index is 7.01. The lowest BCUT2D eigenvalue weighted by Gasteiger charge is -2.43. The van der Waals surface area contributed by atoms with Crippen LogP contribution in [-0.4, -0.2) is 19.9 Å². The first-order valence-corrected chi connectivity index (χ1v) is 20.2. The van der Waals surface area contributed by atoms with Crippen molar-refractivity contribution in [3.63, 3.8) is 0 Å². The third-order valence-corrected chi connectivity index (χ3v) is 12.1. The van der Waals surface area contributed by atoms with Gasteiger partial charge >= 0.3 is 0 Å². The molecule has 10 aromatic rings. The zero-order chi connectivity index (χ0) is 39.6. The van der Waals surface area contributed by atoms with E-state index in [1.165, 1.54) is 22.3 Å². The number of para-hydroxylation sites is 1. The van der Waals surface area contributed by atoms with Crippen molar-refractivity contribution in [2.24, 2.45) is 0 Å². The molecule has 280 valence electrons.